The molecule has 2 aromatic rings. The zero-order chi connectivity index (χ0) is 19.3. The second kappa shape index (κ2) is 9.12. The third kappa shape index (κ3) is 4.43. The number of hydrogen-bond acceptors (Lipinski definition) is 3. The molecule has 6 heteroatoms. The number of rotatable bonds is 6. The summed E-state index contributed by atoms with van der Waals surface area (Å²) >= 11 is 6.52. The number of benzene rings is 1. The van der Waals surface area contributed by atoms with Crippen LogP contribution in [0.4, 0.5) is 0 Å². The van der Waals surface area contributed by atoms with E-state index in [1.165, 1.54) is 25.0 Å². The number of likely N-dealkylation sites (tertiary alicyclic amines) is 1. The Bertz CT molecular complexity index is 799. The third-order valence-corrected chi connectivity index (χ3v) is 6.23. The fourth-order valence-corrected chi connectivity index (χ4v) is 4.67. The van der Waals surface area contributed by atoms with Crippen LogP contribution in [-0.4, -0.2) is 59.5 Å². The average Bonchev–Trinajstić information content (AvgIpc) is 3.18. The van der Waals surface area contributed by atoms with Gasteiger partial charge in [-0.1, -0.05) is 36.2 Å². The van der Waals surface area contributed by atoms with E-state index in [2.05, 4.69) is 44.1 Å². The fourth-order valence-electron chi connectivity index (χ4n) is 4.43. The molecular weight excluding hydrogens is 372 g/mol. The average molecular weight is 401 g/mol. The largest absolute Gasteiger partial charge is 0.354 e. The predicted molar refractivity (Wildman–Crippen MR) is 113 cm³/mol. The van der Waals surface area contributed by atoms with Crippen molar-refractivity contribution in [3.05, 3.63) is 58.9 Å². The van der Waals surface area contributed by atoms with Gasteiger partial charge in [-0.3, -0.25) is 9.69 Å². The Balaban J connectivity index is 1.41. The van der Waals surface area contributed by atoms with Crippen LogP contribution in [0.1, 0.15) is 36.6 Å². The molecule has 1 N–H and O–H groups in total. The van der Waals surface area contributed by atoms with Crippen molar-refractivity contribution in [2.75, 3.05) is 39.3 Å². The van der Waals surface area contributed by atoms with Gasteiger partial charge in [0.05, 0.1) is 12.6 Å². The summed E-state index contributed by atoms with van der Waals surface area (Å²) in [7, 11) is 0. The van der Waals surface area contributed by atoms with Gasteiger partial charge >= 0.3 is 0 Å². The van der Waals surface area contributed by atoms with Crippen LogP contribution >= 0.6 is 11.6 Å². The lowest BCUT2D eigenvalue weighted by Crippen LogP contribution is -2.46. The van der Waals surface area contributed by atoms with Gasteiger partial charge in [0.15, 0.2) is 0 Å². The summed E-state index contributed by atoms with van der Waals surface area (Å²) in [4.78, 5) is 17.3. The Labute approximate surface area is 172 Å². The van der Waals surface area contributed by atoms with Gasteiger partial charge in [-0.15, -0.1) is 0 Å². The van der Waals surface area contributed by atoms with E-state index in [1.54, 1.807) is 0 Å². The van der Waals surface area contributed by atoms with Gasteiger partial charge in [0.1, 0.15) is 0 Å². The summed E-state index contributed by atoms with van der Waals surface area (Å²) in [6.45, 7) is 6.10. The van der Waals surface area contributed by atoms with Gasteiger partial charge in [0.25, 0.3) is 0 Å². The van der Waals surface area contributed by atoms with Crippen molar-refractivity contribution in [3.8, 4) is 0 Å². The summed E-state index contributed by atoms with van der Waals surface area (Å²) in [5.41, 5.74) is 2.26. The molecule has 1 atom stereocenters. The molecule has 4 rings (SSSR count). The Morgan fingerprint density at radius 1 is 1.04 bits per heavy atom. The first-order chi connectivity index (χ1) is 13.7. The van der Waals surface area contributed by atoms with Crippen molar-refractivity contribution in [2.45, 2.75) is 31.8 Å². The van der Waals surface area contributed by atoms with Gasteiger partial charge in [0, 0.05) is 43.1 Å². The minimum Gasteiger partial charge on any atom is -0.354 e. The van der Waals surface area contributed by atoms with E-state index in [0.717, 1.165) is 49.9 Å². The van der Waals surface area contributed by atoms with Crippen molar-refractivity contribution in [3.63, 3.8) is 0 Å². The lowest BCUT2D eigenvalue weighted by molar-refractivity contribution is -0.122. The standard InChI is InChI=1S/C22H29ClN4O/c23-19-8-3-2-7-18(19)22-20-9-6-13-26(20)15-16-27(22)17-21(28)24-10-14-25-11-4-1-5-12-25/h2-3,6-9,13,22H,1,4-5,10-12,14-17H2,(H,24,28). The second-order valence-electron chi connectivity index (χ2n) is 7.77. The second-order valence-corrected chi connectivity index (χ2v) is 8.18. The highest BCUT2D eigenvalue weighted by Gasteiger charge is 2.31. The van der Waals surface area contributed by atoms with E-state index in [1.807, 2.05) is 18.2 Å². The van der Waals surface area contributed by atoms with E-state index in [4.69, 9.17) is 11.6 Å². The highest BCUT2D eigenvalue weighted by molar-refractivity contribution is 6.31. The molecule has 0 aliphatic carbocycles. The molecule has 1 aromatic heterocycles. The fraction of sp³-hybridized carbons (Fsp3) is 0.500. The van der Waals surface area contributed by atoms with E-state index >= 15 is 0 Å². The lowest BCUT2D eigenvalue weighted by atomic mass is 10.00. The molecule has 2 aliphatic heterocycles. The van der Waals surface area contributed by atoms with Crippen molar-refractivity contribution < 1.29 is 4.79 Å². The summed E-state index contributed by atoms with van der Waals surface area (Å²) in [5, 5.41) is 3.87. The molecule has 0 radical (unpaired) electrons. The first kappa shape index (κ1) is 19.5. The highest BCUT2D eigenvalue weighted by Crippen LogP contribution is 2.35. The van der Waals surface area contributed by atoms with E-state index in [0.29, 0.717) is 6.54 Å². The van der Waals surface area contributed by atoms with E-state index in [-0.39, 0.29) is 11.9 Å². The number of halogens is 1. The number of fused-ring (bicyclic) bond motifs is 1. The molecule has 28 heavy (non-hydrogen) atoms. The Hall–Kier alpha value is -1.82. The molecule has 0 spiro atoms. The molecule has 5 nitrogen and oxygen atoms in total. The monoisotopic (exact) mass is 400 g/mol. The molecule has 1 amide bonds. The quantitative estimate of drug-likeness (QED) is 0.809. The van der Waals surface area contributed by atoms with Crippen LogP contribution in [0.2, 0.25) is 5.02 Å². The Morgan fingerprint density at radius 3 is 2.68 bits per heavy atom. The number of nitrogens with zero attached hydrogens (tertiary/aromatic N) is 3. The van der Waals surface area contributed by atoms with Crippen LogP contribution in [0.5, 0.6) is 0 Å². The van der Waals surface area contributed by atoms with Gasteiger partial charge in [0.2, 0.25) is 5.91 Å². The van der Waals surface area contributed by atoms with Crippen molar-refractivity contribution in [1.82, 2.24) is 19.7 Å². The van der Waals surface area contributed by atoms with Crippen molar-refractivity contribution in [2.24, 2.45) is 0 Å². The van der Waals surface area contributed by atoms with Gasteiger partial charge in [-0.25, -0.2) is 0 Å². The number of carbonyl (C=O) groups excluding carboxylic acids is 1. The number of piperidine rings is 1. The SMILES string of the molecule is O=C(CN1CCn2cccc2C1c1ccccc1Cl)NCCN1CCCCC1. The summed E-state index contributed by atoms with van der Waals surface area (Å²) in [6.07, 6.45) is 6.00. The Morgan fingerprint density at radius 2 is 1.86 bits per heavy atom. The van der Waals surface area contributed by atoms with Crippen LogP contribution in [-0.2, 0) is 11.3 Å². The molecule has 2 aliphatic rings. The topological polar surface area (TPSA) is 40.5 Å². The smallest absolute Gasteiger partial charge is 0.234 e. The summed E-state index contributed by atoms with van der Waals surface area (Å²) < 4.78 is 2.26. The third-order valence-electron chi connectivity index (χ3n) is 5.88. The maximum atomic E-state index is 12.7. The molecule has 150 valence electrons. The predicted octanol–water partition coefficient (Wildman–Crippen LogP) is 3.15. The normalized spacial score (nSPS) is 20.7. The number of aromatic nitrogens is 1. The number of amides is 1. The maximum Gasteiger partial charge on any atom is 0.234 e. The number of hydrogen-bond donors (Lipinski definition) is 1. The molecule has 1 saturated heterocycles. The lowest BCUT2D eigenvalue weighted by Gasteiger charge is -2.37. The maximum absolute atomic E-state index is 12.7. The number of carbonyl (C=O) groups is 1. The van der Waals surface area contributed by atoms with Gasteiger partial charge in [-0.05, 0) is 49.7 Å². The minimum atomic E-state index is 0.00490. The van der Waals surface area contributed by atoms with Crippen LogP contribution in [0, 0.1) is 0 Å². The zero-order valence-corrected chi connectivity index (χ0v) is 17.1. The van der Waals surface area contributed by atoms with Gasteiger partial charge in [-0.2, -0.15) is 0 Å². The number of nitrogens with one attached hydrogen (secondary N) is 1. The van der Waals surface area contributed by atoms with Crippen LogP contribution in [0.3, 0.4) is 0 Å². The van der Waals surface area contributed by atoms with Crippen molar-refractivity contribution >= 4 is 17.5 Å². The first-order valence-electron chi connectivity index (χ1n) is 10.3. The zero-order valence-electron chi connectivity index (χ0n) is 16.3. The molecule has 1 unspecified atom stereocenters. The van der Waals surface area contributed by atoms with E-state index in [9.17, 15) is 4.79 Å². The highest BCUT2D eigenvalue weighted by atomic mass is 35.5. The summed E-state index contributed by atoms with van der Waals surface area (Å²) in [6, 6.07) is 12.2. The Kier molecular flexibility index (Phi) is 6.35. The molecule has 1 aromatic carbocycles. The molecule has 1 fully saturated rings. The van der Waals surface area contributed by atoms with Crippen LogP contribution < -0.4 is 5.32 Å². The molecule has 0 saturated carbocycles. The molecule has 0 bridgehead atoms. The molecular formula is C22H29ClN4O. The first-order valence-corrected chi connectivity index (χ1v) is 10.7. The van der Waals surface area contributed by atoms with Crippen LogP contribution in [0.25, 0.3) is 0 Å². The van der Waals surface area contributed by atoms with Gasteiger partial charge < -0.3 is 14.8 Å². The van der Waals surface area contributed by atoms with Crippen LogP contribution in [0.15, 0.2) is 42.6 Å². The molecule has 3 heterocycles. The minimum absolute atomic E-state index is 0.00490. The van der Waals surface area contributed by atoms with Crippen molar-refractivity contribution in [1.29, 1.82) is 0 Å². The summed E-state index contributed by atoms with van der Waals surface area (Å²) in [5.74, 6) is 0.0917. The van der Waals surface area contributed by atoms with E-state index < -0.39 is 0 Å².